The molecule has 24 heavy (non-hydrogen) atoms. The van der Waals surface area contributed by atoms with Gasteiger partial charge < -0.3 is 10.2 Å². The summed E-state index contributed by atoms with van der Waals surface area (Å²) >= 11 is 0. The van der Waals surface area contributed by atoms with Crippen molar-refractivity contribution in [3.05, 3.63) is 58.3 Å². The van der Waals surface area contributed by atoms with Crippen molar-refractivity contribution in [3.8, 4) is 5.69 Å². The summed E-state index contributed by atoms with van der Waals surface area (Å²) in [7, 11) is 0. The minimum atomic E-state index is -0.392. The first kappa shape index (κ1) is 15.0. The number of likely N-dealkylation sites (tertiary alicyclic amines) is 1. The lowest BCUT2D eigenvalue weighted by atomic mass is 10.0. The van der Waals surface area contributed by atoms with E-state index in [1.54, 1.807) is 4.90 Å². The van der Waals surface area contributed by atoms with Crippen LogP contribution < -0.4 is 10.9 Å². The van der Waals surface area contributed by atoms with Gasteiger partial charge in [-0.2, -0.15) is 9.78 Å². The molecule has 1 aromatic heterocycles. The standard InChI is InChI=1S/C17H17FN4O2/c18-13-1-3-14(4-2-13)22-16(23)6-5-15(20-22)17(24)21-9-11-7-19-8-12(11)10-21/h1-6,11-12,19H,7-10H2/t11-,12+. The molecule has 1 N–H and O–H groups in total. The lowest BCUT2D eigenvalue weighted by Crippen LogP contribution is -2.34. The van der Waals surface area contributed by atoms with Gasteiger partial charge in [-0.05, 0) is 42.2 Å². The van der Waals surface area contributed by atoms with Crippen LogP contribution in [0.15, 0.2) is 41.2 Å². The van der Waals surface area contributed by atoms with Crippen molar-refractivity contribution in [2.75, 3.05) is 26.2 Å². The molecule has 2 saturated heterocycles. The quantitative estimate of drug-likeness (QED) is 0.880. The van der Waals surface area contributed by atoms with Gasteiger partial charge in [-0.25, -0.2) is 4.39 Å². The Morgan fingerprint density at radius 3 is 2.42 bits per heavy atom. The Morgan fingerprint density at radius 1 is 1.08 bits per heavy atom. The molecule has 4 rings (SSSR count). The first-order chi connectivity index (χ1) is 11.6. The van der Waals surface area contributed by atoms with Crippen LogP contribution in [0.5, 0.6) is 0 Å². The van der Waals surface area contributed by atoms with E-state index < -0.39 is 5.82 Å². The Kier molecular flexibility index (Phi) is 3.65. The molecular weight excluding hydrogens is 311 g/mol. The molecule has 0 radical (unpaired) electrons. The molecule has 0 aliphatic carbocycles. The number of carbonyl (C=O) groups is 1. The van der Waals surface area contributed by atoms with Gasteiger partial charge in [-0.3, -0.25) is 9.59 Å². The first-order valence-corrected chi connectivity index (χ1v) is 7.98. The zero-order valence-electron chi connectivity index (χ0n) is 13.0. The fourth-order valence-corrected chi connectivity index (χ4v) is 3.48. The highest BCUT2D eigenvalue weighted by molar-refractivity contribution is 5.92. The molecule has 2 atom stereocenters. The zero-order valence-corrected chi connectivity index (χ0v) is 13.0. The van der Waals surface area contributed by atoms with Crippen molar-refractivity contribution in [2.45, 2.75) is 0 Å². The lowest BCUT2D eigenvalue weighted by molar-refractivity contribution is 0.0774. The van der Waals surface area contributed by atoms with Crippen LogP contribution in [0, 0.1) is 17.7 Å². The summed E-state index contributed by atoms with van der Waals surface area (Å²) in [5, 5.41) is 7.52. The summed E-state index contributed by atoms with van der Waals surface area (Å²) in [6.07, 6.45) is 0. The van der Waals surface area contributed by atoms with Crippen molar-refractivity contribution in [1.29, 1.82) is 0 Å². The molecule has 1 amide bonds. The maximum atomic E-state index is 13.1. The van der Waals surface area contributed by atoms with Crippen molar-refractivity contribution in [3.63, 3.8) is 0 Å². The Balaban J connectivity index is 1.62. The Hall–Kier alpha value is -2.54. The van der Waals surface area contributed by atoms with E-state index in [4.69, 9.17) is 0 Å². The number of amides is 1. The summed E-state index contributed by atoms with van der Waals surface area (Å²) in [5.41, 5.74) is 0.297. The van der Waals surface area contributed by atoms with E-state index in [1.165, 1.54) is 36.4 Å². The molecule has 0 saturated carbocycles. The number of aromatic nitrogens is 2. The number of benzene rings is 1. The third-order valence-electron chi connectivity index (χ3n) is 4.77. The fraction of sp³-hybridized carbons (Fsp3) is 0.353. The number of carbonyl (C=O) groups excluding carboxylic acids is 1. The van der Waals surface area contributed by atoms with Gasteiger partial charge in [0.1, 0.15) is 11.5 Å². The summed E-state index contributed by atoms with van der Waals surface area (Å²) in [5.74, 6) is 0.436. The van der Waals surface area contributed by atoms with Crippen LogP contribution in [0.2, 0.25) is 0 Å². The molecule has 6 nitrogen and oxygen atoms in total. The molecule has 2 aliphatic rings. The average molecular weight is 328 g/mol. The van der Waals surface area contributed by atoms with E-state index in [0.29, 0.717) is 30.6 Å². The van der Waals surface area contributed by atoms with E-state index in [0.717, 1.165) is 17.8 Å². The number of nitrogens with one attached hydrogen (secondary N) is 1. The fourth-order valence-electron chi connectivity index (χ4n) is 3.48. The van der Waals surface area contributed by atoms with Gasteiger partial charge >= 0.3 is 0 Å². The summed E-state index contributed by atoms with van der Waals surface area (Å²) < 4.78 is 14.2. The van der Waals surface area contributed by atoms with Crippen molar-refractivity contribution in [1.82, 2.24) is 20.0 Å². The largest absolute Gasteiger partial charge is 0.337 e. The van der Waals surface area contributed by atoms with E-state index in [9.17, 15) is 14.0 Å². The third kappa shape index (κ3) is 2.60. The number of halogens is 1. The second kappa shape index (κ2) is 5.83. The molecule has 3 heterocycles. The molecular formula is C17H17FN4O2. The van der Waals surface area contributed by atoms with E-state index in [-0.39, 0.29) is 17.2 Å². The predicted octanol–water partition coefficient (Wildman–Crippen LogP) is 0.663. The lowest BCUT2D eigenvalue weighted by Gasteiger charge is -2.17. The normalized spacial score (nSPS) is 22.6. The van der Waals surface area contributed by atoms with Crippen molar-refractivity contribution >= 4 is 5.91 Å². The van der Waals surface area contributed by atoms with Gasteiger partial charge in [0.15, 0.2) is 0 Å². The van der Waals surface area contributed by atoms with Crippen LogP contribution in [0.3, 0.4) is 0 Å². The summed E-state index contributed by atoms with van der Waals surface area (Å²) in [6, 6.07) is 8.21. The monoisotopic (exact) mass is 328 g/mol. The third-order valence-corrected chi connectivity index (χ3v) is 4.77. The summed E-state index contributed by atoms with van der Waals surface area (Å²) in [4.78, 5) is 26.5. The molecule has 0 bridgehead atoms. The van der Waals surface area contributed by atoms with Gasteiger partial charge in [-0.15, -0.1) is 0 Å². The number of hydrogen-bond acceptors (Lipinski definition) is 4. The Bertz CT molecular complexity index is 821. The molecule has 2 aromatic rings. The van der Waals surface area contributed by atoms with Crippen LogP contribution in [0.1, 0.15) is 10.5 Å². The van der Waals surface area contributed by atoms with Gasteiger partial charge in [0.05, 0.1) is 5.69 Å². The molecule has 1 aromatic carbocycles. The second-order valence-corrected chi connectivity index (χ2v) is 6.33. The van der Waals surface area contributed by atoms with Gasteiger partial charge in [-0.1, -0.05) is 0 Å². The minimum Gasteiger partial charge on any atom is -0.337 e. The van der Waals surface area contributed by atoms with Crippen LogP contribution in [-0.2, 0) is 0 Å². The van der Waals surface area contributed by atoms with Crippen LogP contribution in [-0.4, -0.2) is 46.8 Å². The first-order valence-electron chi connectivity index (χ1n) is 7.98. The van der Waals surface area contributed by atoms with Crippen molar-refractivity contribution < 1.29 is 9.18 Å². The number of fused-ring (bicyclic) bond motifs is 1. The van der Waals surface area contributed by atoms with E-state index >= 15 is 0 Å². The number of hydrogen-bond donors (Lipinski definition) is 1. The minimum absolute atomic E-state index is 0.166. The molecule has 7 heteroatoms. The Morgan fingerprint density at radius 2 is 1.75 bits per heavy atom. The SMILES string of the molecule is O=C(c1ccc(=O)n(-c2ccc(F)cc2)n1)N1C[C@H]2CNC[C@H]2C1. The van der Waals surface area contributed by atoms with E-state index in [2.05, 4.69) is 10.4 Å². The van der Waals surface area contributed by atoms with E-state index in [1.807, 2.05) is 0 Å². The smallest absolute Gasteiger partial charge is 0.274 e. The van der Waals surface area contributed by atoms with Gasteiger partial charge in [0.25, 0.3) is 11.5 Å². The molecule has 2 aliphatic heterocycles. The zero-order chi connectivity index (χ0) is 16.7. The van der Waals surface area contributed by atoms with Crippen molar-refractivity contribution in [2.24, 2.45) is 11.8 Å². The topological polar surface area (TPSA) is 67.2 Å². The van der Waals surface area contributed by atoms with Crippen LogP contribution in [0.4, 0.5) is 4.39 Å². The maximum absolute atomic E-state index is 13.1. The molecule has 2 fully saturated rings. The highest BCUT2D eigenvalue weighted by Crippen LogP contribution is 2.27. The van der Waals surface area contributed by atoms with Crippen LogP contribution >= 0.6 is 0 Å². The number of rotatable bonds is 2. The van der Waals surface area contributed by atoms with Gasteiger partial charge in [0, 0.05) is 32.2 Å². The molecule has 0 spiro atoms. The Labute approximate surface area is 137 Å². The maximum Gasteiger partial charge on any atom is 0.274 e. The van der Waals surface area contributed by atoms with Gasteiger partial charge in [0.2, 0.25) is 0 Å². The predicted molar refractivity (Wildman–Crippen MR) is 85.5 cm³/mol. The summed E-state index contributed by atoms with van der Waals surface area (Å²) in [6.45, 7) is 3.32. The highest BCUT2D eigenvalue weighted by atomic mass is 19.1. The molecule has 0 unspecified atom stereocenters. The second-order valence-electron chi connectivity index (χ2n) is 6.33. The number of nitrogens with zero attached hydrogens (tertiary/aromatic N) is 3. The average Bonchev–Trinajstić information content (AvgIpc) is 3.17. The molecule has 124 valence electrons. The highest BCUT2D eigenvalue weighted by Gasteiger charge is 2.38. The van der Waals surface area contributed by atoms with Crippen LogP contribution in [0.25, 0.3) is 5.69 Å².